The molecule has 6 nitrogen and oxygen atoms in total. The fourth-order valence-corrected chi connectivity index (χ4v) is 6.53. The molecule has 2 bridgehead atoms. The molecule has 4 rings (SSSR count). The lowest BCUT2D eigenvalue weighted by molar-refractivity contribution is -0.137. The summed E-state index contributed by atoms with van der Waals surface area (Å²) >= 11 is 0. The van der Waals surface area contributed by atoms with Crippen LogP contribution < -0.4 is 10.0 Å². The molecule has 25 heavy (non-hydrogen) atoms. The minimum atomic E-state index is -4.75. The minimum Gasteiger partial charge on any atom is -0.371 e. The maximum Gasteiger partial charge on any atom is 0.417 e. The first-order chi connectivity index (χ1) is 11.6. The molecule has 0 amide bonds. The zero-order valence-corrected chi connectivity index (χ0v) is 13.6. The summed E-state index contributed by atoms with van der Waals surface area (Å²) in [5, 5.41) is 8.04. The van der Waals surface area contributed by atoms with Gasteiger partial charge in [-0.2, -0.15) is 18.4 Å². The summed E-state index contributed by atoms with van der Waals surface area (Å²) in [5.74, 6) is -0.306. The van der Waals surface area contributed by atoms with E-state index in [0.717, 1.165) is 16.4 Å². The number of fused-ring (bicyclic) bond motifs is 5. The molecule has 3 saturated heterocycles. The van der Waals surface area contributed by atoms with Gasteiger partial charge >= 0.3 is 6.18 Å². The topological polar surface area (TPSA) is 96.4 Å². The van der Waals surface area contributed by atoms with Crippen LogP contribution >= 0.6 is 0 Å². The van der Waals surface area contributed by atoms with Gasteiger partial charge in [-0.1, -0.05) is 0 Å². The normalized spacial score (nSPS) is 35.6. The number of anilines is 1. The quantitative estimate of drug-likeness (QED) is 0.798. The molecule has 3 heterocycles. The molecule has 3 fully saturated rings. The number of alkyl halides is 3. The number of hydrogen-bond acceptors (Lipinski definition) is 5. The van der Waals surface area contributed by atoms with E-state index < -0.39 is 38.7 Å². The predicted octanol–water partition coefficient (Wildman–Crippen LogP) is 1.21. The number of ether oxygens (including phenoxy) is 1. The number of nitriles is 1. The molecule has 0 spiro atoms. The van der Waals surface area contributed by atoms with Gasteiger partial charge in [0, 0.05) is 18.5 Å². The van der Waals surface area contributed by atoms with Crippen LogP contribution in [0, 0.1) is 17.2 Å². The first-order valence-corrected chi connectivity index (χ1v) is 9.19. The fraction of sp³-hybridized carbons (Fsp3) is 0.533. The first-order valence-electron chi connectivity index (χ1n) is 7.68. The average Bonchev–Trinajstić information content (AvgIpc) is 3.15. The third kappa shape index (κ3) is 2.26. The van der Waals surface area contributed by atoms with Crippen molar-refractivity contribution in [3.63, 3.8) is 0 Å². The van der Waals surface area contributed by atoms with Gasteiger partial charge in [0.15, 0.2) is 0 Å². The van der Waals surface area contributed by atoms with Gasteiger partial charge in [-0.05, 0) is 24.6 Å². The maximum absolute atomic E-state index is 13.2. The number of rotatable bonds is 1. The Bertz CT molecular complexity index is 880. The standard InChI is InChI=1S/C15H14F3N3O3S/c16-15(17,18)10-3-8(2-1-7(10)5-19)21-6-9-12-4-11(20)13(24-12)14(9)25(21,22)23/h1-3,9,11-14H,4,6,20H2/t9?,11-,12?,13-,14?/m0/s1. The third-order valence-electron chi connectivity index (χ3n) is 5.23. The van der Waals surface area contributed by atoms with Gasteiger partial charge in [-0.25, -0.2) is 8.42 Å². The Kier molecular flexibility index (Phi) is 3.39. The van der Waals surface area contributed by atoms with Crippen LogP contribution in [0.3, 0.4) is 0 Å². The van der Waals surface area contributed by atoms with Crippen LogP contribution in [0.15, 0.2) is 18.2 Å². The van der Waals surface area contributed by atoms with Gasteiger partial charge < -0.3 is 10.5 Å². The van der Waals surface area contributed by atoms with Crippen molar-refractivity contribution >= 4 is 15.7 Å². The highest BCUT2D eigenvalue weighted by Crippen LogP contribution is 2.49. The molecule has 1 aromatic rings. The molecule has 3 aliphatic heterocycles. The molecule has 3 aliphatic rings. The summed E-state index contributed by atoms with van der Waals surface area (Å²) in [4.78, 5) is 0. The van der Waals surface area contributed by atoms with Gasteiger partial charge in [0.2, 0.25) is 10.0 Å². The van der Waals surface area contributed by atoms with E-state index in [0.29, 0.717) is 6.42 Å². The van der Waals surface area contributed by atoms with Crippen molar-refractivity contribution in [2.75, 3.05) is 10.8 Å². The van der Waals surface area contributed by atoms with E-state index in [1.165, 1.54) is 12.1 Å². The van der Waals surface area contributed by atoms with Gasteiger partial charge in [0.1, 0.15) is 5.25 Å². The SMILES string of the molecule is N#Cc1ccc(N2CC3C4C[C@H](N)[C@H](O4)C3S2(=O)=O)cc1C(F)(F)F. The Morgan fingerprint density at radius 3 is 2.72 bits per heavy atom. The van der Waals surface area contributed by atoms with E-state index in [4.69, 9.17) is 15.7 Å². The molecule has 0 aromatic heterocycles. The highest BCUT2D eigenvalue weighted by atomic mass is 32.2. The van der Waals surface area contributed by atoms with Crippen molar-refractivity contribution in [3.8, 4) is 6.07 Å². The van der Waals surface area contributed by atoms with Crippen molar-refractivity contribution in [1.82, 2.24) is 0 Å². The second-order valence-corrected chi connectivity index (χ2v) is 8.60. The van der Waals surface area contributed by atoms with Crippen molar-refractivity contribution in [2.24, 2.45) is 11.7 Å². The largest absolute Gasteiger partial charge is 0.417 e. The molecular formula is C15H14F3N3O3S. The summed E-state index contributed by atoms with van der Waals surface area (Å²) in [7, 11) is -3.89. The monoisotopic (exact) mass is 373 g/mol. The molecule has 1 aromatic carbocycles. The van der Waals surface area contributed by atoms with E-state index in [9.17, 15) is 21.6 Å². The van der Waals surface area contributed by atoms with Gasteiger partial charge in [0.05, 0.1) is 35.1 Å². The Labute approximate surface area is 142 Å². The molecule has 10 heteroatoms. The Morgan fingerprint density at radius 1 is 1.36 bits per heavy atom. The van der Waals surface area contributed by atoms with E-state index >= 15 is 0 Å². The zero-order chi connectivity index (χ0) is 18.1. The van der Waals surface area contributed by atoms with Crippen LogP contribution in [0.4, 0.5) is 18.9 Å². The van der Waals surface area contributed by atoms with Crippen LogP contribution in [-0.2, 0) is 20.9 Å². The second kappa shape index (κ2) is 5.09. The second-order valence-electron chi connectivity index (χ2n) is 6.58. The smallest absolute Gasteiger partial charge is 0.371 e. The van der Waals surface area contributed by atoms with Crippen molar-refractivity contribution in [1.29, 1.82) is 5.26 Å². The molecule has 5 atom stereocenters. The summed E-state index contributed by atoms with van der Waals surface area (Å²) in [6, 6.07) is 4.06. The molecule has 3 unspecified atom stereocenters. The van der Waals surface area contributed by atoms with E-state index in [1.807, 2.05) is 0 Å². The predicted molar refractivity (Wildman–Crippen MR) is 81.0 cm³/mol. The molecule has 2 N–H and O–H groups in total. The lowest BCUT2D eigenvalue weighted by Crippen LogP contribution is -2.46. The van der Waals surface area contributed by atoms with Gasteiger partial charge in [0.25, 0.3) is 0 Å². The number of halogens is 3. The van der Waals surface area contributed by atoms with E-state index in [1.54, 1.807) is 0 Å². The highest BCUT2D eigenvalue weighted by molar-refractivity contribution is 7.93. The van der Waals surface area contributed by atoms with Crippen LogP contribution in [0.5, 0.6) is 0 Å². The number of nitrogens with zero attached hydrogens (tertiary/aromatic N) is 2. The molecular weight excluding hydrogens is 359 g/mol. The Balaban J connectivity index is 1.76. The minimum absolute atomic E-state index is 0.0596. The van der Waals surface area contributed by atoms with Crippen molar-refractivity contribution in [2.45, 2.75) is 36.1 Å². The molecule has 134 valence electrons. The first kappa shape index (κ1) is 16.6. The Morgan fingerprint density at radius 2 is 2.08 bits per heavy atom. The third-order valence-corrected chi connectivity index (χ3v) is 7.51. The maximum atomic E-state index is 13.2. The lowest BCUT2D eigenvalue weighted by Gasteiger charge is -2.24. The summed E-state index contributed by atoms with van der Waals surface area (Å²) < 4.78 is 71.8. The van der Waals surface area contributed by atoms with Crippen LogP contribution in [0.25, 0.3) is 0 Å². The summed E-state index contributed by atoms with van der Waals surface area (Å²) in [6.45, 7) is 0.0596. The number of hydrogen-bond donors (Lipinski definition) is 1. The van der Waals surface area contributed by atoms with Crippen molar-refractivity contribution in [3.05, 3.63) is 29.3 Å². The van der Waals surface area contributed by atoms with Gasteiger partial charge in [-0.3, -0.25) is 4.31 Å². The molecule has 0 radical (unpaired) electrons. The lowest BCUT2D eigenvalue weighted by atomic mass is 9.86. The van der Waals surface area contributed by atoms with E-state index in [-0.39, 0.29) is 30.3 Å². The molecule has 0 aliphatic carbocycles. The summed E-state index contributed by atoms with van der Waals surface area (Å²) in [6.07, 6.45) is -5.10. The molecule has 0 saturated carbocycles. The average molecular weight is 373 g/mol. The number of nitrogens with two attached hydrogens (primary N) is 1. The van der Waals surface area contributed by atoms with E-state index in [2.05, 4.69) is 0 Å². The van der Waals surface area contributed by atoms with Gasteiger partial charge in [-0.15, -0.1) is 0 Å². The number of benzene rings is 1. The fourth-order valence-electron chi connectivity index (χ4n) is 4.14. The zero-order valence-electron chi connectivity index (χ0n) is 12.8. The number of sulfonamides is 1. The van der Waals surface area contributed by atoms with Crippen LogP contribution in [0.1, 0.15) is 17.5 Å². The summed E-state index contributed by atoms with van der Waals surface area (Å²) in [5.41, 5.74) is 4.13. The van der Waals surface area contributed by atoms with Crippen molar-refractivity contribution < 1.29 is 26.3 Å². The van der Waals surface area contributed by atoms with Crippen LogP contribution in [0.2, 0.25) is 0 Å². The highest BCUT2D eigenvalue weighted by Gasteiger charge is 2.63. The van der Waals surface area contributed by atoms with Crippen LogP contribution in [-0.4, -0.2) is 38.5 Å². The Hall–Kier alpha value is -1.83.